The Kier molecular flexibility index (Phi) is 7.24. The van der Waals surface area contributed by atoms with Crippen LogP contribution in [0.4, 0.5) is 0 Å². The monoisotopic (exact) mass is 555 g/mol. The normalized spacial score (nSPS) is 21.1. The predicted molar refractivity (Wildman–Crippen MR) is 154 cm³/mol. The lowest BCUT2D eigenvalue weighted by atomic mass is 9.83. The number of ether oxygens (including phenoxy) is 3. The second-order valence-electron chi connectivity index (χ2n) is 11.1. The Hall–Kier alpha value is -4.20. The average Bonchev–Trinajstić information content (AvgIpc) is 3.38. The van der Waals surface area contributed by atoms with E-state index < -0.39 is 24.0 Å². The zero-order valence-electron chi connectivity index (χ0n) is 23.4. The lowest BCUT2D eigenvalue weighted by Gasteiger charge is -2.29. The topological polar surface area (TPSA) is 101 Å². The van der Waals surface area contributed by atoms with E-state index in [0.717, 1.165) is 22.9 Å². The number of aromatic nitrogens is 1. The predicted octanol–water partition coefficient (Wildman–Crippen LogP) is 5.49. The van der Waals surface area contributed by atoms with Crippen molar-refractivity contribution in [1.82, 2.24) is 4.57 Å². The summed E-state index contributed by atoms with van der Waals surface area (Å²) in [6.07, 6.45) is 7.53. The minimum absolute atomic E-state index is 0.0576. The number of rotatable bonds is 2. The standard InChI is InChI=1S/C33H33NO7/c1-19-8-6-13-23(35)12-5-3-4-9-21-17-26-29(31(39-2)28(21)33(38)40-19)24(18-27(36)41-26)25-16-22-11-7-10-20-14-15-34(30(20)22)32(25)37/h4,7,9-11,16-17,19,24H,3,5-6,8,12-15,18H2,1-2H3/t19-,24?/m0/s1. The van der Waals surface area contributed by atoms with E-state index in [9.17, 15) is 19.2 Å². The van der Waals surface area contributed by atoms with Gasteiger partial charge < -0.3 is 18.8 Å². The number of nitrogens with zero attached hydrogens (tertiary/aromatic N) is 1. The van der Waals surface area contributed by atoms with Crippen molar-refractivity contribution >= 4 is 34.7 Å². The van der Waals surface area contributed by atoms with Gasteiger partial charge in [0.1, 0.15) is 22.8 Å². The maximum absolute atomic E-state index is 13.8. The number of aryl methyl sites for hydroxylation is 2. The fourth-order valence-corrected chi connectivity index (χ4v) is 6.42. The number of fused-ring (bicyclic) bond motifs is 2. The lowest BCUT2D eigenvalue weighted by molar-refractivity contribution is -0.135. The highest BCUT2D eigenvalue weighted by Crippen LogP contribution is 2.47. The molecular formula is C33H33NO7. The van der Waals surface area contributed by atoms with Gasteiger partial charge in [-0.1, -0.05) is 30.4 Å². The lowest BCUT2D eigenvalue weighted by Crippen LogP contribution is -2.30. The minimum atomic E-state index is -0.662. The molecule has 4 heterocycles. The molecule has 3 aliphatic rings. The Morgan fingerprint density at radius 2 is 1.85 bits per heavy atom. The number of benzene rings is 2. The molecule has 8 nitrogen and oxygen atoms in total. The number of hydrogen-bond acceptors (Lipinski definition) is 7. The average molecular weight is 556 g/mol. The number of allylic oxidation sites excluding steroid dienone is 1. The quantitative estimate of drug-likeness (QED) is 0.305. The summed E-state index contributed by atoms with van der Waals surface area (Å²) in [5.74, 6) is -0.965. The van der Waals surface area contributed by atoms with Crippen molar-refractivity contribution in [3.63, 3.8) is 0 Å². The van der Waals surface area contributed by atoms with Gasteiger partial charge in [0.25, 0.3) is 5.56 Å². The second-order valence-corrected chi connectivity index (χ2v) is 11.1. The first-order valence-corrected chi connectivity index (χ1v) is 14.4. The molecule has 8 heteroatoms. The van der Waals surface area contributed by atoms with Crippen molar-refractivity contribution in [3.05, 3.63) is 74.6 Å². The van der Waals surface area contributed by atoms with Crippen LogP contribution < -0.4 is 15.0 Å². The molecule has 0 radical (unpaired) electrons. The Labute approximate surface area is 237 Å². The number of pyridine rings is 1. The van der Waals surface area contributed by atoms with Crippen molar-refractivity contribution in [3.8, 4) is 11.5 Å². The molecule has 0 saturated heterocycles. The molecule has 6 rings (SSSR count). The van der Waals surface area contributed by atoms with Gasteiger partial charge in [-0.15, -0.1) is 0 Å². The number of esters is 2. The molecule has 2 atom stereocenters. The number of methoxy groups -OCH3 is 1. The highest BCUT2D eigenvalue weighted by molar-refractivity contribution is 5.99. The third-order valence-electron chi connectivity index (χ3n) is 8.37. The Bertz CT molecular complexity index is 1660. The first-order valence-electron chi connectivity index (χ1n) is 14.4. The summed E-state index contributed by atoms with van der Waals surface area (Å²) >= 11 is 0. The van der Waals surface area contributed by atoms with Crippen LogP contribution in [0.15, 0.2) is 41.2 Å². The van der Waals surface area contributed by atoms with Gasteiger partial charge in [0.05, 0.1) is 25.2 Å². The maximum atomic E-state index is 13.8. The second kappa shape index (κ2) is 11.0. The molecule has 1 aromatic heterocycles. The zero-order chi connectivity index (χ0) is 28.7. The molecule has 3 aliphatic heterocycles. The Morgan fingerprint density at radius 3 is 2.68 bits per heavy atom. The van der Waals surface area contributed by atoms with E-state index in [1.807, 2.05) is 37.3 Å². The summed E-state index contributed by atoms with van der Waals surface area (Å²) in [5, 5.41) is 0.932. The summed E-state index contributed by atoms with van der Waals surface area (Å²) in [7, 11) is 1.47. The van der Waals surface area contributed by atoms with Crippen molar-refractivity contribution < 1.29 is 28.6 Å². The minimum Gasteiger partial charge on any atom is -0.495 e. The molecule has 0 spiro atoms. The zero-order valence-corrected chi connectivity index (χ0v) is 23.4. The third-order valence-corrected chi connectivity index (χ3v) is 8.37. The first-order chi connectivity index (χ1) is 19.9. The summed E-state index contributed by atoms with van der Waals surface area (Å²) in [5.41, 5.74) is 3.60. The van der Waals surface area contributed by atoms with Crippen LogP contribution in [0, 0.1) is 0 Å². The van der Waals surface area contributed by atoms with E-state index in [4.69, 9.17) is 14.2 Å². The Morgan fingerprint density at radius 1 is 1.02 bits per heavy atom. The van der Waals surface area contributed by atoms with Gasteiger partial charge >= 0.3 is 11.9 Å². The van der Waals surface area contributed by atoms with Crippen LogP contribution in [-0.2, 0) is 27.3 Å². The van der Waals surface area contributed by atoms with Crippen LogP contribution in [0.2, 0.25) is 0 Å². The van der Waals surface area contributed by atoms with Crippen LogP contribution in [0.3, 0.4) is 0 Å². The number of Topliss-reactive ketones (excluding diaryl/α,β-unsaturated/α-hetero) is 1. The fourth-order valence-electron chi connectivity index (χ4n) is 6.42. The smallest absolute Gasteiger partial charge is 0.342 e. The summed E-state index contributed by atoms with van der Waals surface area (Å²) < 4.78 is 19.2. The van der Waals surface area contributed by atoms with Crippen molar-refractivity contribution in [1.29, 1.82) is 0 Å². The van der Waals surface area contributed by atoms with Gasteiger partial charge in [0, 0.05) is 36.4 Å². The number of ketones is 1. The maximum Gasteiger partial charge on any atom is 0.342 e. The van der Waals surface area contributed by atoms with Crippen LogP contribution in [0.5, 0.6) is 11.5 Å². The van der Waals surface area contributed by atoms with E-state index >= 15 is 0 Å². The van der Waals surface area contributed by atoms with Crippen molar-refractivity contribution in [2.75, 3.05) is 7.11 Å². The SMILES string of the molecule is COc1c2c(cc3c1C(c1cc4cccc5c4n(c1=O)CC5)CC(=O)O3)C=CCCCC(=O)CCC[C@H](C)OC2=O. The van der Waals surface area contributed by atoms with Gasteiger partial charge in [-0.25, -0.2) is 4.79 Å². The van der Waals surface area contributed by atoms with E-state index in [-0.39, 0.29) is 34.8 Å². The molecular weight excluding hydrogens is 522 g/mol. The van der Waals surface area contributed by atoms with Crippen LogP contribution >= 0.6 is 0 Å². The summed E-state index contributed by atoms with van der Waals surface area (Å²) in [4.78, 5) is 52.6. The molecule has 0 bridgehead atoms. The van der Waals surface area contributed by atoms with Crippen LogP contribution in [0.25, 0.3) is 17.0 Å². The molecule has 0 N–H and O–H groups in total. The molecule has 0 saturated carbocycles. The third kappa shape index (κ3) is 4.96. The molecule has 212 valence electrons. The highest BCUT2D eigenvalue weighted by Gasteiger charge is 2.38. The van der Waals surface area contributed by atoms with E-state index in [0.29, 0.717) is 61.8 Å². The van der Waals surface area contributed by atoms with Gasteiger partial charge in [-0.3, -0.25) is 14.4 Å². The van der Waals surface area contributed by atoms with E-state index in [1.165, 1.54) is 7.11 Å². The first kappa shape index (κ1) is 27.0. The molecule has 0 fully saturated rings. The summed E-state index contributed by atoms with van der Waals surface area (Å²) in [6, 6.07) is 9.52. The summed E-state index contributed by atoms with van der Waals surface area (Å²) in [6.45, 7) is 2.39. The van der Waals surface area contributed by atoms with Gasteiger partial charge in [0.15, 0.2) is 0 Å². The molecule has 2 aromatic carbocycles. The number of para-hydroxylation sites is 1. The largest absolute Gasteiger partial charge is 0.495 e. The van der Waals surface area contributed by atoms with Crippen LogP contribution in [-0.4, -0.2) is 35.5 Å². The highest BCUT2D eigenvalue weighted by atomic mass is 16.5. The molecule has 1 unspecified atom stereocenters. The molecule has 0 amide bonds. The van der Waals surface area contributed by atoms with Gasteiger partial charge in [0.2, 0.25) is 0 Å². The number of hydrogen-bond donors (Lipinski definition) is 0. The Balaban J connectivity index is 1.53. The molecule has 3 aromatic rings. The van der Waals surface area contributed by atoms with Gasteiger partial charge in [-0.2, -0.15) is 0 Å². The van der Waals surface area contributed by atoms with E-state index in [1.54, 1.807) is 16.7 Å². The molecule has 0 aliphatic carbocycles. The number of cyclic esters (lactones) is 1. The van der Waals surface area contributed by atoms with Crippen molar-refractivity contribution in [2.24, 2.45) is 0 Å². The van der Waals surface area contributed by atoms with Gasteiger partial charge in [-0.05, 0) is 67.7 Å². The van der Waals surface area contributed by atoms with Crippen molar-refractivity contribution in [2.45, 2.75) is 76.9 Å². The number of carbonyl (C=O) groups excluding carboxylic acids is 3. The van der Waals surface area contributed by atoms with Crippen LogP contribution in [0.1, 0.15) is 90.4 Å². The number of carbonyl (C=O) groups is 3. The molecule has 41 heavy (non-hydrogen) atoms. The fraction of sp³-hybridized carbons (Fsp3) is 0.394. The van der Waals surface area contributed by atoms with E-state index in [2.05, 4.69) is 0 Å².